The SMILES string of the molecule is CC(C)(C)SCc1nc(NN)cc(C(C)(C)C)n1. The van der Waals surface area contributed by atoms with E-state index in [0.29, 0.717) is 5.82 Å². The Kier molecular flexibility index (Phi) is 4.61. The molecule has 5 heteroatoms. The van der Waals surface area contributed by atoms with Crippen LogP contribution in [0.3, 0.4) is 0 Å². The van der Waals surface area contributed by atoms with E-state index >= 15 is 0 Å². The Morgan fingerprint density at radius 3 is 2.22 bits per heavy atom. The van der Waals surface area contributed by atoms with Crippen LogP contribution in [0, 0.1) is 0 Å². The van der Waals surface area contributed by atoms with Gasteiger partial charge < -0.3 is 5.43 Å². The molecule has 3 N–H and O–H groups in total. The van der Waals surface area contributed by atoms with Crippen molar-refractivity contribution in [2.45, 2.75) is 57.5 Å². The molecule has 0 saturated carbocycles. The molecule has 0 saturated heterocycles. The first-order chi connectivity index (χ1) is 8.12. The van der Waals surface area contributed by atoms with Crippen LogP contribution in [-0.4, -0.2) is 14.7 Å². The van der Waals surface area contributed by atoms with Crippen molar-refractivity contribution in [2.24, 2.45) is 5.84 Å². The maximum Gasteiger partial charge on any atom is 0.143 e. The second-order valence-electron chi connectivity index (χ2n) is 6.35. The summed E-state index contributed by atoms with van der Waals surface area (Å²) in [6.45, 7) is 13.0. The van der Waals surface area contributed by atoms with E-state index in [-0.39, 0.29) is 10.2 Å². The average molecular weight is 268 g/mol. The Hall–Kier alpha value is -0.810. The zero-order valence-corrected chi connectivity index (χ0v) is 13.0. The molecule has 0 bridgehead atoms. The molecule has 0 aliphatic rings. The summed E-state index contributed by atoms with van der Waals surface area (Å²) in [5, 5.41) is 0. The number of thioether (sulfide) groups is 1. The fraction of sp³-hybridized carbons (Fsp3) is 0.692. The predicted molar refractivity (Wildman–Crippen MR) is 79.6 cm³/mol. The van der Waals surface area contributed by atoms with Crippen LogP contribution in [0.4, 0.5) is 5.82 Å². The summed E-state index contributed by atoms with van der Waals surface area (Å²) in [4.78, 5) is 9.03. The highest BCUT2D eigenvalue weighted by Crippen LogP contribution is 2.28. The van der Waals surface area contributed by atoms with Gasteiger partial charge in [0.1, 0.15) is 11.6 Å². The molecule has 0 aliphatic carbocycles. The second-order valence-corrected chi connectivity index (χ2v) is 8.15. The van der Waals surface area contributed by atoms with Crippen molar-refractivity contribution in [3.05, 3.63) is 17.6 Å². The third-order valence-electron chi connectivity index (χ3n) is 2.32. The van der Waals surface area contributed by atoms with Crippen molar-refractivity contribution in [1.29, 1.82) is 0 Å². The molecule has 102 valence electrons. The molecule has 1 aromatic heterocycles. The monoisotopic (exact) mass is 268 g/mol. The third-order valence-corrected chi connectivity index (χ3v) is 3.59. The number of nitrogens with zero attached hydrogens (tertiary/aromatic N) is 2. The van der Waals surface area contributed by atoms with Crippen LogP contribution in [0.25, 0.3) is 0 Å². The minimum absolute atomic E-state index is 0.00428. The first-order valence-electron chi connectivity index (χ1n) is 6.11. The van der Waals surface area contributed by atoms with E-state index in [1.807, 2.05) is 17.8 Å². The van der Waals surface area contributed by atoms with Crippen molar-refractivity contribution >= 4 is 17.6 Å². The summed E-state index contributed by atoms with van der Waals surface area (Å²) >= 11 is 1.83. The summed E-state index contributed by atoms with van der Waals surface area (Å²) in [6.07, 6.45) is 0. The highest BCUT2D eigenvalue weighted by Gasteiger charge is 2.19. The smallest absolute Gasteiger partial charge is 0.143 e. The largest absolute Gasteiger partial charge is 0.308 e. The van der Waals surface area contributed by atoms with Crippen LogP contribution < -0.4 is 11.3 Å². The molecule has 0 aliphatic heterocycles. The van der Waals surface area contributed by atoms with Crippen molar-refractivity contribution in [1.82, 2.24) is 9.97 Å². The molecule has 0 spiro atoms. The topological polar surface area (TPSA) is 63.8 Å². The van der Waals surface area contributed by atoms with Crippen molar-refractivity contribution in [2.75, 3.05) is 5.43 Å². The van der Waals surface area contributed by atoms with E-state index in [9.17, 15) is 0 Å². The Balaban J connectivity index is 2.98. The molecule has 1 heterocycles. The summed E-state index contributed by atoms with van der Waals surface area (Å²) in [6, 6.07) is 1.91. The van der Waals surface area contributed by atoms with Crippen LogP contribution >= 0.6 is 11.8 Å². The number of hydrogen-bond donors (Lipinski definition) is 2. The molecule has 0 amide bonds. The minimum Gasteiger partial charge on any atom is -0.308 e. The first kappa shape index (κ1) is 15.2. The van der Waals surface area contributed by atoms with Crippen LogP contribution in [0.15, 0.2) is 6.07 Å². The van der Waals surface area contributed by atoms with Gasteiger partial charge >= 0.3 is 0 Å². The van der Waals surface area contributed by atoms with Gasteiger partial charge in [0, 0.05) is 16.2 Å². The summed E-state index contributed by atoms with van der Waals surface area (Å²) in [5.74, 6) is 7.77. The summed E-state index contributed by atoms with van der Waals surface area (Å²) in [7, 11) is 0. The maximum atomic E-state index is 5.47. The Morgan fingerprint density at radius 2 is 1.78 bits per heavy atom. The standard InChI is InChI=1S/C13H24N4S/c1-12(2,3)9-7-10(17-14)16-11(15-9)8-18-13(4,5)6/h7H,8,14H2,1-6H3,(H,15,16,17). The van der Waals surface area contributed by atoms with Gasteiger partial charge in [0.15, 0.2) is 0 Å². The van der Waals surface area contributed by atoms with Gasteiger partial charge in [-0.15, -0.1) is 11.8 Å². The molecule has 0 radical (unpaired) electrons. The number of anilines is 1. The summed E-state index contributed by atoms with van der Waals surface area (Å²) < 4.78 is 0.206. The number of aromatic nitrogens is 2. The maximum absolute atomic E-state index is 5.47. The first-order valence-corrected chi connectivity index (χ1v) is 7.09. The van der Waals surface area contributed by atoms with Crippen LogP contribution in [0.5, 0.6) is 0 Å². The Labute approximate surface area is 114 Å². The van der Waals surface area contributed by atoms with Gasteiger partial charge in [0.2, 0.25) is 0 Å². The molecule has 0 fully saturated rings. The van der Waals surface area contributed by atoms with Gasteiger partial charge in [-0.3, -0.25) is 0 Å². The predicted octanol–water partition coefficient (Wildman–Crippen LogP) is 3.09. The van der Waals surface area contributed by atoms with E-state index in [4.69, 9.17) is 5.84 Å². The van der Waals surface area contributed by atoms with Gasteiger partial charge in [-0.05, 0) is 0 Å². The van der Waals surface area contributed by atoms with E-state index in [0.717, 1.165) is 17.3 Å². The van der Waals surface area contributed by atoms with Crippen molar-refractivity contribution in [3.63, 3.8) is 0 Å². The molecule has 4 nitrogen and oxygen atoms in total. The van der Waals surface area contributed by atoms with Crippen LogP contribution in [0.1, 0.15) is 53.1 Å². The normalized spacial score (nSPS) is 12.6. The van der Waals surface area contributed by atoms with Crippen molar-refractivity contribution < 1.29 is 0 Å². The fourth-order valence-electron chi connectivity index (χ4n) is 1.30. The zero-order valence-electron chi connectivity index (χ0n) is 12.2. The number of hydrogen-bond acceptors (Lipinski definition) is 5. The number of rotatable bonds is 3. The molecular formula is C13H24N4S. The molecule has 0 unspecified atom stereocenters. The second kappa shape index (κ2) is 5.45. The van der Waals surface area contributed by atoms with Gasteiger partial charge in [0.25, 0.3) is 0 Å². The van der Waals surface area contributed by atoms with E-state index in [1.165, 1.54) is 0 Å². The zero-order chi connectivity index (χ0) is 14.0. The Bertz CT molecular complexity index is 404. The number of nitrogens with one attached hydrogen (secondary N) is 1. The van der Waals surface area contributed by atoms with Crippen LogP contribution in [-0.2, 0) is 11.2 Å². The lowest BCUT2D eigenvalue weighted by Crippen LogP contribution is -2.18. The minimum atomic E-state index is -0.00428. The average Bonchev–Trinajstić information content (AvgIpc) is 2.24. The lowest BCUT2D eigenvalue weighted by atomic mass is 9.92. The lowest BCUT2D eigenvalue weighted by molar-refractivity contribution is 0.564. The quantitative estimate of drug-likeness (QED) is 0.651. The third kappa shape index (κ3) is 4.82. The highest BCUT2D eigenvalue weighted by atomic mass is 32.2. The molecule has 1 rings (SSSR count). The molecule has 0 aromatic carbocycles. The molecule has 18 heavy (non-hydrogen) atoms. The van der Waals surface area contributed by atoms with Gasteiger partial charge in [-0.2, -0.15) is 0 Å². The summed E-state index contributed by atoms with van der Waals surface area (Å²) in [5.41, 5.74) is 3.62. The molecule has 1 aromatic rings. The van der Waals surface area contributed by atoms with E-state index in [1.54, 1.807) is 0 Å². The van der Waals surface area contributed by atoms with Gasteiger partial charge in [-0.1, -0.05) is 41.5 Å². The molecular weight excluding hydrogens is 244 g/mol. The highest BCUT2D eigenvalue weighted by molar-refractivity contribution is 7.99. The van der Waals surface area contributed by atoms with Crippen LogP contribution in [0.2, 0.25) is 0 Å². The van der Waals surface area contributed by atoms with E-state index in [2.05, 4.69) is 56.9 Å². The van der Waals surface area contributed by atoms with Gasteiger partial charge in [0.05, 0.1) is 11.4 Å². The van der Waals surface area contributed by atoms with E-state index < -0.39 is 0 Å². The fourth-order valence-corrected chi connectivity index (χ4v) is 1.99. The number of hydrazine groups is 1. The van der Waals surface area contributed by atoms with Crippen molar-refractivity contribution in [3.8, 4) is 0 Å². The molecule has 0 atom stereocenters. The number of nitrogen functional groups attached to an aromatic ring is 1. The Morgan fingerprint density at radius 1 is 1.17 bits per heavy atom. The van der Waals surface area contributed by atoms with Gasteiger partial charge in [-0.25, -0.2) is 15.8 Å². The lowest BCUT2D eigenvalue weighted by Gasteiger charge is -2.21. The number of nitrogens with two attached hydrogens (primary N) is 1.